The second-order valence-corrected chi connectivity index (χ2v) is 17.4. The summed E-state index contributed by atoms with van der Waals surface area (Å²) in [5, 5.41) is 6.44. The lowest BCUT2D eigenvalue weighted by Crippen LogP contribution is -2.23. The minimum Gasteiger partial charge on any atom is -0.456 e. The molecule has 0 radical (unpaired) electrons. The van der Waals surface area contributed by atoms with Gasteiger partial charge in [-0.05, 0) is 180 Å². The molecule has 0 saturated heterocycles. The van der Waals surface area contributed by atoms with Crippen LogP contribution >= 0.6 is 0 Å². The molecule has 0 atom stereocenters. The van der Waals surface area contributed by atoms with Crippen molar-refractivity contribution in [1.29, 1.82) is 0 Å². The quantitative estimate of drug-likeness (QED) is 0.171. The van der Waals surface area contributed by atoms with Gasteiger partial charge in [0.25, 0.3) is 0 Å². The van der Waals surface area contributed by atoms with Crippen LogP contribution in [0, 0.1) is 6.92 Å². The van der Waals surface area contributed by atoms with Gasteiger partial charge in [-0.25, -0.2) is 4.79 Å². The predicted octanol–water partition coefficient (Wildman–Crippen LogP) is 13.0. The van der Waals surface area contributed by atoms with Crippen molar-refractivity contribution in [2.24, 2.45) is 0 Å². The fraction of sp³-hybridized carbons (Fsp3) is 0.365. The Morgan fingerprint density at radius 1 is 0.444 bits per heavy atom. The third-order valence-electron chi connectivity index (χ3n) is 11.6. The van der Waals surface area contributed by atoms with Crippen LogP contribution in [-0.2, 0) is 56.1 Å². The summed E-state index contributed by atoms with van der Waals surface area (Å²) in [7, 11) is 0. The minimum atomic E-state index is -0.437. The third-order valence-corrected chi connectivity index (χ3v) is 11.6. The maximum atomic E-state index is 11.7. The molecule has 0 bridgehead atoms. The predicted molar refractivity (Wildman–Crippen MR) is 228 cm³/mol. The van der Waals surface area contributed by atoms with Gasteiger partial charge < -0.3 is 4.74 Å². The van der Waals surface area contributed by atoms with Gasteiger partial charge >= 0.3 is 5.97 Å². The second-order valence-electron chi connectivity index (χ2n) is 17.4. The lowest BCUT2D eigenvalue weighted by molar-refractivity contribution is 0.00694. The van der Waals surface area contributed by atoms with Crippen LogP contribution in [0.1, 0.15) is 132 Å². The number of aryl methyl sites for hydroxylation is 9. The van der Waals surface area contributed by atoms with E-state index in [1.807, 2.05) is 45.0 Å². The fourth-order valence-corrected chi connectivity index (χ4v) is 8.62. The number of hydrogen-bond acceptors (Lipinski definition) is 2. The van der Waals surface area contributed by atoms with Crippen molar-refractivity contribution in [1.82, 2.24) is 0 Å². The number of carbonyl (C=O) groups excluding carboxylic acids is 1. The number of esters is 1. The molecule has 54 heavy (non-hydrogen) atoms. The topological polar surface area (TPSA) is 26.3 Å². The zero-order chi connectivity index (χ0) is 38.1. The smallest absolute Gasteiger partial charge is 0.338 e. The monoisotopic (exact) mass is 714 g/mol. The van der Waals surface area contributed by atoms with Crippen LogP contribution in [0.4, 0.5) is 0 Å². The third kappa shape index (κ3) is 8.04. The summed E-state index contributed by atoms with van der Waals surface area (Å²) < 4.78 is 5.29. The SMILES string of the molecule is CC(C)c1ccc(C(=O)OC(C)(C)C)cc1.Cc1ccc(C(C)C)cc1.c1cc2c3c(ccc4c3c1CC4)CC2.c1cc2c3c(ccc4c3c1CC4)CC2. The number of ether oxygens (including phenoxy) is 1. The van der Waals surface area contributed by atoms with Crippen LogP contribution in [0.15, 0.2) is 97.1 Å². The first-order valence-electron chi connectivity index (χ1n) is 20.4. The van der Waals surface area contributed by atoms with Gasteiger partial charge in [0.2, 0.25) is 0 Å². The molecule has 0 amide bonds. The summed E-state index contributed by atoms with van der Waals surface area (Å²) in [6.07, 6.45) is 10.1. The van der Waals surface area contributed by atoms with Crippen molar-refractivity contribution in [3.05, 3.63) is 164 Å². The lowest BCUT2D eigenvalue weighted by Gasteiger charge is -2.19. The Labute approximate surface area is 324 Å². The average molecular weight is 715 g/mol. The summed E-state index contributed by atoms with van der Waals surface area (Å²) in [5.41, 5.74) is 16.8. The van der Waals surface area contributed by atoms with Gasteiger partial charge in [-0.3, -0.25) is 0 Å². The van der Waals surface area contributed by atoms with E-state index >= 15 is 0 Å². The molecule has 4 aliphatic carbocycles. The van der Waals surface area contributed by atoms with Crippen molar-refractivity contribution >= 4 is 27.5 Å². The summed E-state index contributed by atoms with van der Waals surface area (Å²) >= 11 is 0. The van der Waals surface area contributed by atoms with Crippen molar-refractivity contribution < 1.29 is 9.53 Å². The fourth-order valence-electron chi connectivity index (χ4n) is 8.62. The van der Waals surface area contributed by atoms with E-state index in [1.54, 1.807) is 66.1 Å². The van der Waals surface area contributed by atoms with Crippen LogP contribution in [0.2, 0.25) is 0 Å². The summed E-state index contributed by atoms with van der Waals surface area (Å²) in [5.74, 6) is 0.871. The Balaban J connectivity index is 0.000000112. The van der Waals surface area contributed by atoms with Crippen molar-refractivity contribution in [2.75, 3.05) is 0 Å². The molecule has 2 heteroatoms. The van der Waals surface area contributed by atoms with Crippen LogP contribution in [-0.4, -0.2) is 11.6 Å². The Morgan fingerprint density at radius 2 is 0.704 bits per heavy atom. The molecule has 0 unspecified atom stereocenters. The highest BCUT2D eigenvalue weighted by Crippen LogP contribution is 2.40. The molecule has 0 aromatic heterocycles. The number of hydrogen-bond donors (Lipinski definition) is 0. The van der Waals surface area contributed by atoms with E-state index < -0.39 is 5.60 Å². The van der Waals surface area contributed by atoms with E-state index in [0.717, 1.165) is 0 Å². The maximum Gasteiger partial charge on any atom is 0.338 e. The molecule has 0 aliphatic heterocycles. The van der Waals surface area contributed by atoms with Gasteiger partial charge in [0.15, 0.2) is 0 Å². The van der Waals surface area contributed by atoms with Gasteiger partial charge in [0.1, 0.15) is 5.60 Å². The highest BCUT2D eigenvalue weighted by Gasteiger charge is 2.23. The van der Waals surface area contributed by atoms with Crippen molar-refractivity contribution in [3.8, 4) is 0 Å². The summed E-state index contributed by atoms with van der Waals surface area (Å²) in [6, 6.07) is 35.1. The highest BCUT2D eigenvalue weighted by atomic mass is 16.6. The van der Waals surface area contributed by atoms with Gasteiger partial charge in [-0.2, -0.15) is 0 Å². The molecule has 6 aromatic rings. The molecule has 0 N–H and O–H groups in total. The molecule has 0 spiro atoms. The first kappa shape index (κ1) is 37.6. The molecule has 10 rings (SSSR count). The van der Waals surface area contributed by atoms with Gasteiger partial charge in [0, 0.05) is 0 Å². The van der Waals surface area contributed by atoms with Gasteiger partial charge in [-0.1, -0.05) is 118 Å². The van der Waals surface area contributed by atoms with E-state index in [4.69, 9.17) is 4.74 Å². The van der Waals surface area contributed by atoms with Crippen LogP contribution in [0.3, 0.4) is 0 Å². The zero-order valence-corrected chi connectivity index (χ0v) is 33.9. The molecule has 0 saturated carbocycles. The molecular formula is C52H58O2. The summed E-state index contributed by atoms with van der Waals surface area (Å²) in [4.78, 5) is 11.7. The summed E-state index contributed by atoms with van der Waals surface area (Å²) in [6.45, 7) is 16.4. The largest absolute Gasteiger partial charge is 0.456 e. The van der Waals surface area contributed by atoms with Crippen LogP contribution in [0.25, 0.3) is 21.5 Å². The maximum absolute atomic E-state index is 11.7. The Bertz CT molecular complexity index is 2000. The number of benzene rings is 6. The minimum absolute atomic E-state index is 0.261. The first-order valence-corrected chi connectivity index (χ1v) is 20.4. The molecular weight excluding hydrogens is 657 g/mol. The van der Waals surface area contributed by atoms with Crippen molar-refractivity contribution in [2.45, 2.75) is 124 Å². The second kappa shape index (κ2) is 15.6. The van der Waals surface area contributed by atoms with E-state index in [-0.39, 0.29) is 5.97 Å². The lowest BCUT2D eigenvalue weighted by atomic mass is 10.0. The standard InChI is InChI=1S/C14H20O2.2C14H12.C10H14/c1-10(2)11-6-8-12(9-7-11)13(15)16-14(3,4)5;2*1-2-10-7-8-12-4-3-11-6-5-9(1)13(10)14(11)12;1-8(2)10-6-4-9(3)5-7-10/h6-10H,1-5H3;2*5-8H,1-4H2;4-8H,1-3H3. The average Bonchev–Trinajstić information content (AvgIpc) is 3.95. The molecule has 6 aromatic carbocycles. The van der Waals surface area contributed by atoms with E-state index in [0.29, 0.717) is 17.4 Å². The molecule has 4 aliphatic rings. The Morgan fingerprint density at radius 3 is 0.944 bits per heavy atom. The molecule has 0 heterocycles. The Kier molecular flexibility index (Phi) is 10.9. The molecule has 2 nitrogen and oxygen atoms in total. The molecule has 0 fully saturated rings. The van der Waals surface area contributed by atoms with E-state index in [9.17, 15) is 4.79 Å². The van der Waals surface area contributed by atoms with Crippen molar-refractivity contribution in [3.63, 3.8) is 0 Å². The highest BCUT2D eigenvalue weighted by molar-refractivity contribution is 5.98. The van der Waals surface area contributed by atoms with E-state index in [2.05, 4.69) is 107 Å². The normalized spacial score (nSPS) is 14.1. The van der Waals surface area contributed by atoms with Crippen LogP contribution in [0.5, 0.6) is 0 Å². The zero-order valence-electron chi connectivity index (χ0n) is 33.9. The van der Waals surface area contributed by atoms with Crippen LogP contribution < -0.4 is 0 Å². The first-order chi connectivity index (χ1) is 25.9. The molecule has 278 valence electrons. The van der Waals surface area contributed by atoms with Gasteiger partial charge in [-0.15, -0.1) is 0 Å². The van der Waals surface area contributed by atoms with E-state index in [1.165, 1.54) is 68.1 Å². The van der Waals surface area contributed by atoms with Gasteiger partial charge in [0.05, 0.1) is 5.56 Å². The number of rotatable bonds is 3. The Hall–Kier alpha value is -4.69. The number of carbonyl (C=O) groups is 1.